The highest BCUT2D eigenvalue weighted by atomic mass is 19.3. The largest absolute Gasteiger partial charge is 0.507 e. The Morgan fingerprint density at radius 2 is 1.90 bits per heavy atom. The molecule has 106 valence electrons. The Labute approximate surface area is 117 Å². The first kappa shape index (κ1) is 14.3. The fraction of sp³-hybridized carbons (Fsp3) is 0.250. The number of benzene rings is 2. The van der Waals surface area contributed by atoms with Crippen molar-refractivity contribution in [2.24, 2.45) is 0 Å². The van der Waals surface area contributed by atoms with E-state index in [1.54, 1.807) is 12.1 Å². The van der Waals surface area contributed by atoms with Gasteiger partial charge in [0.2, 0.25) is 0 Å². The average Bonchev–Trinajstić information content (AvgIpc) is 2.44. The Balaban J connectivity index is 2.13. The number of alkyl halides is 2. The van der Waals surface area contributed by atoms with E-state index in [1.807, 2.05) is 26.0 Å². The minimum atomic E-state index is -2.46. The lowest BCUT2D eigenvalue weighted by atomic mass is 10.1. The molecule has 2 nitrogen and oxygen atoms in total. The first-order chi connectivity index (χ1) is 9.49. The normalized spacial score (nSPS) is 10.8. The number of hydrogen-bond donors (Lipinski definition) is 2. The molecule has 0 saturated carbocycles. The van der Waals surface area contributed by atoms with Gasteiger partial charge in [-0.05, 0) is 37.1 Å². The third kappa shape index (κ3) is 3.07. The zero-order valence-corrected chi connectivity index (χ0v) is 11.5. The van der Waals surface area contributed by atoms with Gasteiger partial charge in [-0.25, -0.2) is 8.78 Å². The second kappa shape index (κ2) is 5.90. The number of rotatable bonds is 4. The van der Waals surface area contributed by atoms with Crippen molar-refractivity contribution in [1.29, 1.82) is 0 Å². The molecule has 20 heavy (non-hydrogen) atoms. The number of aromatic hydroxyl groups is 1. The van der Waals surface area contributed by atoms with Gasteiger partial charge < -0.3 is 10.4 Å². The number of phenols is 1. The van der Waals surface area contributed by atoms with E-state index in [1.165, 1.54) is 12.1 Å². The SMILES string of the molecule is Cc1ccc(NCc2cccc(C(F)F)c2)c(C)c1O. The lowest BCUT2D eigenvalue weighted by molar-refractivity contribution is 0.151. The van der Waals surface area contributed by atoms with Crippen LogP contribution in [-0.2, 0) is 6.54 Å². The second-order valence-corrected chi connectivity index (χ2v) is 4.80. The molecule has 0 spiro atoms. The summed E-state index contributed by atoms with van der Waals surface area (Å²) in [5, 5.41) is 13.0. The molecule has 0 radical (unpaired) electrons. The van der Waals surface area contributed by atoms with Crippen LogP contribution in [-0.4, -0.2) is 5.11 Å². The zero-order valence-electron chi connectivity index (χ0n) is 11.5. The second-order valence-electron chi connectivity index (χ2n) is 4.80. The molecule has 2 aromatic carbocycles. The molecule has 2 rings (SSSR count). The van der Waals surface area contributed by atoms with Crippen LogP contribution in [0.25, 0.3) is 0 Å². The highest BCUT2D eigenvalue weighted by molar-refractivity contribution is 5.59. The molecular weight excluding hydrogens is 260 g/mol. The molecule has 0 unspecified atom stereocenters. The molecule has 0 fully saturated rings. The van der Waals surface area contributed by atoms with Gasteiger partial charge in [-0.2, -0.15) is 0 Å². The van der Waals surface area contributed by atoms with Gasteiger partial charge in [0.25, 0.3) is 6.43 Å². The van der Waals surface area contributed by atoms with Crippen LogP contribution in [0.15, 0.2) is 36.4 Å². The maximum Gasteiger partial charge on any atom is 0.263 e. The third-order valence-corrected chi connectivity index (χ3v) is 3.32. The van der Waals surface area contributed by atoms with Crippen molar-refractivity contribution in [3.63, 3.8) is 0 Å². The van der Waals surface area contributed by atoms with Crippen molar-refractivity contribution in [1.82, 2.24) is 0 Å². The van der Waals surface area contributed by atoms with Crippen LogP contribution in [0.4, 0.5) is 14.5 Å². The number of halogens is 2. The molecule has 2 N–H and O–H groups in total. The lowest BCUT2D eigenvalue weighted by Crippen LogP contribution is -2.02. The fourth-order valence-electron chi connectivity index (χ4n) is 2.06. The first-order valence-corrected chi connectivity index (χ1v) is 6.39. The molecule has 0 aliphatic rings. The molecule has 0 amide bonds. The summed E-state index contributed by atoms with van der Waals surface area (Å²) >= 11 is 0. The minimum Gasteiger partial charge on any atom is -0.507 e. The molecule has 0 bridgehead atoms. The zero-order chi connectivity index (χ0) is 14.7. The third-order valence-electron chi connectivity index (χ3n) is 3.32. The Morgan fingerprint density at radius 3 is 2.60 bits per heavy atom. The van der Waals surface area contributed by atoms with E-state index < -0.39 is 6.43 Å². The van der Waals surface area contributed by atoms with Crippen LogP contribution in [0.2, 0.25) is 0 Å². The highest BCUT2D eigenvalue weighted by Gasteiger charge is 2.08. The van der Waals surface area contributed by atoms with Gasteiger partial charge in [0.1, 0.15) is 5.75 Å². The topological polar surface area (TPSA) is 32.3 Å². The van der Waals surface area contributed by atoms with Crippen LogP contribution in [0.1, 0.15) is 28.7 Å². The summed E-state index contributed by atoms with van der Waals surface area (Å²) in [4.78, 5) is 0. The summed E-state index contributed by atoms with van der Waals surface area (Å²) in [6, 6.07) is 10.0. The molecule has 4 heteroatoms. The fourth-order valence-corrected chi connectivity index (χ4v) is 2.06. The number of hydrogen-bond acceptors (Lipinski definition) is 2. The summed E-state index contributed by atoms with van der Waals surface area (Å²) < 4.78 is 25.2. The number of phenolic OH excluding ortho intramolecular Hbond substituents is 1. The Morgan fingerprint density at radius 1 is 1.15 bits per heavy atom. The van der Waals surface area contributed by atoms with Gasteiger partial charge in [-0.1, -0.05) is 24.3 Å². The van der Waals surface area contributed by atoms with Crippen LogP contribution in [0, 0.1) is 13.8 Å². The molecule has 0 heterocycles. The van der Waals surface area contributed by atoms with Crippen LogP contribution < -0.4 is 5.32 Å². The van der Waals surface area contributed by atoms with Crippen molar-refractivity contribution in [2.45, 2.75) is 26.8 Å². The van der Waals surface area contributed by atoms with Crippen molar-refractivity contribution in [3.05, 3.63) is 58.7 Å². The molecule has 0 atom stereocenters. The smallest absolute Gasteiger partial charge is 0.263 e. The maximum absolute atomic E-state index is 12.6. The Bertz CT molecular complexity index is 611. The highest BCUT2D eigenvalue weighted by Crippen LogP contribution is 2.28. The Hall–Kier alpha value is -2.10. The van der Waals surface area contributed by atoms with E-state index in [-0.39, 0.29) is 11.3 Å². The van der Waals surface area contributed by atoms with Gasteiger partial charge in [-0.3, -0.25) is 0 Å². The quantitative estimate of drug-likeness (QED) is 0.858. The van der Waals surface area contributed by atoms with Gasteiger partial charge in [0.15, 0.2) is 0 Å². The summed E-state index contributed by atoms with van der Waals surface area (Å²) in [6.45, 7) is 4.09. The number of aryl methyl sites for hydroxylation is 1. The van der Waals surface area contributed by atoms with Gasteiger partial charge in [-0.15, -0.1) is 0 Å². The summed E-state index contributed by atoms with van der Waals surface area (Å²) in [5.41, 5.74) is 3.17. The van der Waals surface area contributed by atoms with Crippen molar-refractivity contribution < 1.29 is 13.9 Å². The summed E-state index contributed by atoms with van der Waals surface area (Å²) in [6.07, 6.45) is -2.46. The van der Waals surface area contributed by atoms with E-state index >= 15 is 0 Å². The van der Waals surface area contributed by atoms with Crippen LogP contribution >= 0.6 is 0 Å². The monoisotopic (exact) mass is 277 g/mol. The van der Waals surface area contributed by atoms with E-state index in [9.17, 15) is 13.9 Å². The first-order valence-electron chi connectivity index (χ1n) is 6.39. The van der Waals surface area contributed by atoms with E-state index in [4.69, 9.17) is 0 Å². The van der Waals surface area contributed by atoms with Gasteiger partial charge in [0, 0.05) is 23.4 Å². The number of nitrogens with one attached hydrogen (secondary N) is 1. The van der Waals surface area contributed by atoms with Gasteiger partial charge >= 0.3 is 0 Å². The van der Waals surface area contributed by atoms with Crippen molar-refractivity contribution in [3.8, 4) is 5.75 Å². The summed E-state index contributed by atoms with van der Waals surface area (Å²) in [7, 11) is 0. The molecule has 2 aromatic rings. The predicted octanol–water partition coefficient (Wildman–Crippen LogP) is 4.56. The Kier molecular flexibility index (Phi) is 4.23. The van der Waals surface area contributed by atoms with E-state index in [2.05, 4.69) is 5.32 Å². The van der Waals surface area contributed by atoms with E-state index in [0.29, 0.717) is 6.54 Å². The van der Waals surface area contributed by atoms with Crippen molar-refractivity contribution in [2.75, 3.05) is 5.32 Å². The minimum absolute atomic E-state index is 0.0211. The predicted molar refractivity (Wildman–Crippen MR) is 76.3 cm³/mol. The average molecular weight is 277 g/mol. The van der Waals surface area contributed by atoms with Gasteiger partial charge in [0.05, 0.1) is 0 Å². The molecule has 0 aromatic heterocycles. The summed E-state index contributed by atoms with van der Waals surface area (Å²) in [5.74, 6) is 0.260. The van der Waals surface area contributed by atoms with Crippen LogP contribution in [0.3, 0.4) is 0 Å². The van der Waals surface area contributed by atoms with Crippen molar-refractivity contribution >= 4 is 5.69 Å². The van der Waals surface area contributed by atoms with Crippen LogP contribution in [0.5, 0.6) is 5.75 Å². The number of anilines is 1. The van der Waals surface area contributed by atoms with E-state index in [0.717, 1.165) is 22.4 Å². The standard InChI is InChI=1S/C16H17F2NO/c1-10-6-7-14(11(2)15(10)20)19-9-12-4-3-5-13(8-12)16(17)18/h3-8,16,19-20H,9H2,1-2H3. The molecular formula is C16H17F2NO. The maximum atomic E-state index is 12.6. The molecule has 0 aliphatic carbocycles. The molecule has 0 aliphatic heterocycles. The molecule has 0 saturated heterocycles. The lowest BCUT2D eigenvalue weighted by Gasteiger charge is -2.13.